The molecule has 0 saturated heterocycles. The Hall–Kier alpha value is -1.49. The number of thiazole rings is 1. The zero-order valence-electron chi connectivity index (χ0n) is 10.9. The highest BCUT2D eigenvalue weighted by atomic mass is 79.9. The first-order valence-electron chi connectivity index (χ1n) is 6.50. The molecule has 0 bridgehead atoms. The molecule has 2 aromatic heterocycles. The first-order valence-corrected chi connectivity index (χ1v) is 8.99. The lowest BCUT2D eigenvalue weighted by Gasteiger charge is -1.98. The molecule has 0 aliphatic rings. The maximum Gasteiger partial charge on any atom is 0.125 e. The molecule has 21 heavy (non-hydrogen) atoms. The Balaban J connectivity index is 1.79. The van der Waals surface area contributed by atoms with Gasteiger partial charge in [0.25, 0.3) is 0 Å². The zero-order chi connectivity index (χ0) is 14.2. The molecule has 0 atom stereocenters. The van der Waals surface area contributed by atoms with Crippen molar-refractivity contribution in [3.8, 4) is 21.1 Å². The number of benzene rings is 2. The van der Waals surface area contributed by atoms with Crippen molar-refractivity contribution in [2.24, 2.45) is 0 Å². The van der Waals surface area contributed by atoms with Crippen LogP contribution in [0.5, 0.6) is 0 Å². The molecule has 0 fully saturated rings. The van der Waals surface area contributed by atoms with E-state index in [1.807, 2.05) is 12.1 Å². The minimum absolute atomic E-state index is 1.05. The minimum atomic E-state index is 1.05. The van der Waals surface area contributed by atoms with Crippen LogP contribution in [-0.4, -0.2) is 4.98 Å². The van der Waals surface area contributed by atoms with Crippen LogP contribution in [-0.2, 0) is 0 Å². The number of aromatic nitrogens is 1. The van der Waals surface area contributed by atoms with Crippen LogP contribution in [0.25, 0.3) is 31.2 Å². The standard InChI is InChI=1S/C17H10BrNS2/c18-13-7-3-2-6-12(13)17-19-14(10-20-17)16-9-11-5-1-4-8-15(11)21-16/h1-10H. The highest BCUT2D eigenvalue weighted by molar-refractivity contribution is 9.10. The third-order valence-electron chi connectivity index (χ3n) is 3.29. The van der Waals surface area contributed by atoms with E-state index >= 15 is 0 Å². The van der Waals surface area contributed by atoms with Gasteiger partial charge in [-0.25, -0.2) is 4.98 Å². The van der Waals surface area contributed by atoms with Crippen LogP contribution in [0.1, 0.15) is 0 Å². The number of fused-ring (bicyclic) bond motifs is 1. The zero-order valence-corrected chi connectivity index (χ0v) is 14.1. The fraction of sp³-hybridized carbons (Fsp3) is 0. The topological polar surface area (TPSA) is 12.9 Å². The predicted molar refractivity (Wildman–Crippen MR) is 96.1 cm³/mol. The summed E-state index contributed by atoms with van der Waals surface area (Å²) in [6.07, 6.45) is 0. The number of rotatable bonds is 2. The lowest BCUT2D eigenvalue weighted by Crippen LogP contribution is -1.78. The fourth-order valence-electron chi connectivity index (χ4n) is 2.25. The van der Waals surface area contributed by atoms with E-state index in [0.29, 0.717) is 0 Å². The number of hydrogen-bond acceptors (Lipinski definition) is 3. The summed E-state index contributed by atoms with van der Waals surface area (Å²) in [4.78, 5) is 6.03. The minimum Gasteiger partial charge on any atom is -0.235 e. The summed E-state index contributed by atoms with van der Waals surface area (Å²) in [6.45, 7) is 0. The normalized spacial score (nSPS) is 11.1. The van der Waals surface area contributed by atoms with Gasteiger partial charge in [-0.15, -0.1) is 22.7 Å². The van der Waals surface area contributed by atoms with Gasteiger partial charge < -0.3 is 0 Å². The summed E-state index contributed by atoms with van der Waals surface area (Å²) in [5.41, 5.74) is 2.21. The largest absolute Gasteiger partial charge is 0.235 e. The smallest absolute Gasteiger partial charge is 0.125 e. The van der Waals surface area contributed by atoms with Crippen LogP contribution >= 0.6 is 38.6 Å². The average molecular weight is 372 g/mol. The van der Waals surface area contributed by atoms with Gasteiger partial charge in [0.15, 0.2) is 0 Å². The first-order chi connectivity index (χ1) is 10.3. The van der Waals surface area contributed by atoms with E-state index < -0.39 is 0 Å². The van der Waals surface area contributed by atoms with Crippen molar-refractivity contribution in [1.29, 1.82) is 0 Å². The van der Waals surface area contributed by atoms with Gasteiger partial charge in [-0.2, -0.15) is 0 Å². The second-order valence-corrected chi connectivity index (χ2v) is 7.46. The third kappa shape index (κ3) is 2.44. The van der Waals surface area contributed by atoms with E-state index in [9.17, 15) is 0 Å². The second kappa shape index (κ2) is 5.37. The summed E-state index contributed by atoms with van der Waals surface area (Å²) in [7, 11) is 0. The average Bonchev–Trinajstić information content (AvgIpc) is 3.14. The number of thiophene rings is 1. The monoisotopic (exact) mass is 371 g/mol. The molecule has 4 aromatic rings. The molecular formula is C17H10BrNS2. The van der Waals surface area contributed by atoms with Crippen molar-refractivity contribution in [2.45, 2.75) is 0 Å². The second-order valence-electron chi connectivity index (χ2n) is 4.67. The Morgan fingerprint density at radius 3 is 2.62 bits per heavy atom. The molecule has 1 nitrogen and oxygen atoms in total. The summed E-state index contributed by atoms with van der Waals surface area (Å²) >= 11 is 7.08. The molecule has 0 amide bonds. The predicted octanol–water partition coefficient (Wildman–Crippen LogP) is 6.45. The van der Waals surface area contributed by atoms with Gasteiger partial charge in [0.1, 0.15) is 5.01 Å². The molecule has 0 aliphatic carbocycles. The van der Waals surface area contributed by atoms with Crippen molar-refractivity contribution < 1.29 is 0 Å². The van der Waals surface area contributed by atoms with Gasteiger partial charge in [0.2, 0.25) is 0 Å². The van der Waals surface area contributed by atoms with E-state index in [0.717, 1.165) is 20.7 Å². The Morgan fingerprint density at radius 2 is 1.76 bits per heavy atom. The Labute approximate surface area is 139 Å². The van der Waals surface area contributed by atoms with Crippen LogP contribution in [0.2, 0.25) is 0 Å². The first kappa shape index (κ1) is 13.2. The van der Waals surface area contributed by atoms with E-state index in [2.05, 4.69) is 63.8 Å². The molecule has 0 unspecified atom stereocenters. The molecule has 0 spiro atoms. The molecule has 2 aromatic carbocycles. The summed E-state index contributed by atoms with van der Waals surface area (Å²) in [5, 5.41) is 4.47. The third-order valence-corrected chi connectivity index (χ3v) is 5.99. The number of nitrogens with zero attached hydrogens (tertiary/aromatic N) is 1. The van der Waals surface area contributed by atoms with Crippen LogP contribution in [0.15, 0.2) is 64.5 Å². The maximum absolute atomic E-state index is 4.81. The van der Waals surface area contributed by atoms with E-state index in [4.69, 9.17) is 4.98 Å². The Kier molecular flexibility index (Phi) is 3.37. The summed E-state index contributed by atoms with van der Waals surface area (Å²) in [6, 6.07) is 18.9. The quantitative estimate of drug-likeness (QED) is 0.394. The van der Waals surface area contributed by atoms with Crippen LogP contribution < -0.4 is 0 Å². The Morgan fingerprint density at radius 1 is 0.952 bits per heavy atom. The van der Waals surface area contributed by atoms with Crippen LogP contribution in [0.4, 0.5) is 0 Å². The van der Waals surface area contributed by atoms with Crippen LogP contribution in [0.3, 0.4) is 0 Å². The van der Waals surface area contributed by atoms with Crippen molar-refractivity contribution in [3.63, 3.8) is 0 Å². The van der Waals surface area contributed by atoms with E-state index in [1.54, 1.807) is 22.7 Å². The Bertz CT molecular complexity index is 890. The van der Waals surface area contributed by atoms with Gasteiger partial charge in [-0.3, -0.25) is 0 Å². The molecule has 0 aliphatic heterocycles. The van der Waals surface area contributed by atoms with Gasteiger partial charge in [-0.05, 0) is 23.6 Å². The molecule has 2 heterocycles. The number of halogens is 1. The van der Waals surface area contributed by atoms with Crippen molar-refractivity contribution in [3.05, 3.63) is 64.5 Å². The molecular weight excluding hydrogens is 362 g/mol. The van der Waals surface area contributed by atoms with Crippen molar-refractivity contribution >= 4 is 48.7 Å². The summed E-state index contributed by atoms with van der Waals surface area (Å²) < 4.78 is 2.39. The molecule has 0 N–H and O–H groups in total. The summed E-state index contributed by atoms with van der Waals surface area (Å²) in [5.74, 6) is 0. The van der Waals surface area contributed by atoms with Crippen molar-refractivity contribution in [2.75, 3.05) is 0 Å². The lowest BCUT2D eigenvalue weighted by atomic mass is 10.2. The molecule has 4 heteroatoms. The maximum atomic E-state index is 4.81. The molecule has 4 rings (SSSR count). The highest BCUT2D eigenvalue weighted by Crippen LogP contribution is 2.37. The highest BCUT2D eigenvalue weighted by Gasteiger charge is 2.11. The molecule has 102 valence electrons. The lowest BCUT2D eigenvalue weighted by molar-refractivity contribution is 1.41. The van der Waals surface area contributed by atoms with E-state index in [-0.39, 0.29) is 0 Å². The van der Waals surface area contributed by atoms with Gasteiger partial charge in [-0.1, -0.05) is 52.3 Å². The van der Waals surface area contributed by atoms with Gasteiger partial charge >= 0.3 is 0 Å². The van der Waals surface area contributed by atoms with Gasteiger partial charge in [0, 0.05) is 20.1 Å². The van der Waals surface area contributed by atoms with E-state index in [1.165, 1.54) is 15.0 Å². The molecule has 0 radical (unpaired) electrons. The van der Waals surface area contributed by atoms with Crippen LogP contribution in [0, 0.1) is 0 Å². The number of hydrogen-bond donors (Lipinski definition) is 0. The molecule has 0 saturated carbocycles. The SMILES string of the molecule is Brc1ccccc1-c1nc(-c2cc3ccccc3s2)cs1. The van der Waals surface area contributed by atoms with Crippen molar-refractivity contribution in [1.82, 2.24) is 4.98 Å². The van der Waals surface area contributed by atoms with Gasteiger partial charge in [0.05, 0.1) is 10.6 Å². The fourth-order valence-corrected chi connectivity index (χ4v) is 4.81.